The van der Waals surface area contributed by atoms with Crippen LogP contribution in [-0.2, 0) is 14.9 Å². The smallest absolute Gasteiger partial charge is 0.188 e. The van der Waals surface area contributed by atoms with E-state index in [-0.39, 0.29) is 25.3 Å². The van der Waals surface area contributed by atoms with Crippen LogP contribution in [0.25, 0.3) is 0 Å². The van der Waals surface area contributed by atoms with Gasteiger partial charge in [0.2, 0.25) is 0 Å². The van der Waals surface area contributed by atoms with Gasteiger partial charge < -0.3 is 28.8 Å². The quantitative estimate of drug-likeness (QED) is 0.510. The number of phenolic OH excluding ortho intramolecular Hbond substituents is 1. The molecule has 1 aliphatic heterocycles. The number of methoxy groups -OCH3 is 2. The highest BCUT2D eigenvalue weighted by atomic mass is 16.7. The van der Waals surface area contributed by atoms with Crippen LogP contribution in [0, 0.1) is 0 Å². The highest BCUT2D eigenvalue weighted by molar-refractivity contribution is 5.55. The van der Waals surface area contributed by atoms with Crippen LogP contribution < -0.4 is 14.2 Å². The fraction of sp³-hybridized carbons (Fsp3) is 0.308. The summed E-state index contributed by atoms with van der Waals surface area (Å²) >= 11 is 0. The molecule has 1 heterocycles. The van der Waals surface area contributed by atoms with Gasteiger partial charge in [0.05, 0.1) is 6.61 Å². The number of rotatable bonds is 8. The average Bonchev–Trinajstić information content (AvgIpc) is 2.82. The highest BCUT2D eigenvalue weighted by Crippen LogP contribution is 2.52. The molecule has 1 aliphatic rings. The van der Waals surface area contributed by atoms with E-state index in [9.17, 15) is 5.11 Å². The molecule has 3 aromatic carbocycles. The molecule has 0 aliphatic carbocycles. The third kappa shape index (κ3) is 4.24. The predicted molar refractivity (Wildman–Crippen MR) is 121 cm³/mol. The second-order valence-corrected chi connectivity index (χ2v) is 8.02. The van der Waals surface area contributed by atoms with Crippen LogP contribution >= 0.6 is 0 Å². The van der Waals surface area contributed by atoms with E-state index in [1.165, 1.54) is 0 Å². The zero-order valence-corrected chi connectivity index (χ0v) is 18.5. The summed E-state index contributed by atoms with van der Waals surface area (Å²) in [4.78, 5) is 0. The van der Waals surface area contributed by atoms with Gasteiger partial charge in [-0.25, -0.2) is 0 Å². The SMILES string of the molecule is COCOc1ccc(C2(C)COc3cc(OCOC)ccc3C2c2ccccc2O)cc1. The first kappa shape index (κ1) is 22.0. The Morgan fingerprint density at radius 3 is 2.22 bits per heavy atom. The second kappa shape index (κ2) is 9.51. The van der Waals surface area contributed by atoms with Gasteiger partial charge in [-0.2, -0.15) is 0 Å². The first-order valence-corrected chi connectivity index (χ1v) is 10.5. The second-order valence-electron chi connectivity index (χ2n) is 8.02. The molecule has 0 amide bonds. The van der Waals surface area contributed by atoms with Crippen LogP contribution in [0.1, 0.15) is 29.5 Å². The highest BCUT2D eigenvalue weighted by Gasteiger charge is 2.44. The zero-order chi connectivity index (χ0) is 22.6. The molecule has 6 nitrogen and oxygen atoms in total. The first-order chi connectivity index (χ1) is 15.6. The maximum atomic E-state index is 10.8. The molecule has 0 saturated heterocycles. The van der Waals surface area contributed by atoms with Crippen molar-refractivity contribution in [2.75, 3.05) is 34.4 Å². The summed E-state index contributed by atoms with van der Waals surface area (Å²) in [7, 11) is 3.18. The molecular weight excluding hydrogens is 408 g/mol. The lowest BCUT2D eigenvalue weighted by atomic mass is 9.65. The maximum absolute atomic E-state index is 10.8. The van der Waals surface area contributed by atoms with Crippen LogP contribution in [-0.4, -0.2) is 39.5 Å². The van der Waals surface area contributed by atoms with E-state index in [2.05, 4.69) is 6.92 Å². The van der Waals surface area contributed by atoms with Crippen LogP contribution in [0.4, 0.5) is 0 Å². The van der Waals surface area contributed by atoms with Crippen molar-refractivity contribution in [2.45, 2.75) is 18.3 Å². The van der Waals surface area contributed by atoms with Gasteiger partial charge in [0.25, 0.3) is 0 Å². The summed E-state index contributed by atoms with van der Waals surface area (Å²) in [6.07, 6.45) is 0. The van der Waals surface area contributed by atoms with E-state index >= 15 is 0 Å². The monoisotopic (exact) mass is 436 g/mol. The summed E-state index contributed by atoms with van der Waals surface area (Å²) < 4.78 is 27.4. The molecular formula is C26H28O6. The van der Waals surface area contributed by atoms with Gasteiger partial charge in [-0.05, 0) is 29.8 Å². The lowest BCUT2D eigenvalue weighted by molar-refractivity contribution is 0.0505. The first-order valence-electron chi connectivity index (χ1n) is 10.5. The fourth-order valence-corrected chi connectivity index (χ4v) is 4.30. The number of hydrogen-bond acceptors (Lipinski definition) is 6. The number of hydrogen-bond donors (Lipinski definition) is 1. The molecule has 0 bridgehead atoms. The van der Waals surface area contributed by atoms with Crippen LogP contribution in [0.2, 0.25) is 0 Å². The molecule has 0 radical (unpaired) electrons. The Balaban J connectivity index is 1.78. The lowest BCUT2D eigenvalue weighted by Crippen LogP contribution is -2.41. The standard InChI is InChI=1S/C26H28O6/c1-26(18-8-10-19(11-9-18)31-16-28-2)15-30-24-14-20(32-17-29-3)12-13-22(24)25(26)21-6-4-5-7-23(21)27/h4-14,25,27H,15-17H2,1-3H3. The van der Waals surface area contributed by atoms with E-state index in [0.717, 1.165) is 28.2 Å². The minimum atomic E-state index is -0.430. The van der Waals surface area contributed by atoms with Gasteiger partial charge in [-0.3, -0.25) is 0 Å². The fourth-order valence-electron chi connectivity index (χ4n) is 4.30. The normalized spacial score (nSPS) is 19.7. The number of phenols is 1. The molecule has 2 unspecified atom stereocenters. The molecule has 0 fully saturated rings. The van der Waals surface area contributed by atoms with Crippen molar-refractivity contribution < 1.29 is 28.8 Å². The Morgan fingerprint density at radius 1 is 0.875 bits per heavy atom. The van der Waals surface area contributed by atoms with Gasteiger partial charge in [0.1, 0.15) is 23.0 Å². The summed E-state index contributed by atoms with van der Waals surface area (Å²) in [6.45, 7) is 2.95. The molecule has 3 aromatic rings. The summed E-state index contributed by atoms with van der Waals surface area (Å²) in [5, 5.41) is 10.8. The van der Waals surface area contributed by atoms with Crippen LogP contribution in [0.3, 0.4) is 0 Å². The predicted octanol–water partition coefficient (Wildman–Crippen LogP) is 4.84. The Bertz CT molecular complexity index is 1050. The molecule has 6 heteroatoms. The lowest BCUT2D eigenvalue weighted by Gasteiger charge is -2.43. The molecule has 0 aromatic heterocycles. The van der Waals surface area contributed by atoms with Gasteiger partial charge in [0.15, 0.2) is 13.6 Å². The van der Waals surface area contributed by atoms with Crippen LogP contribution in [0.5, 0.6) is 23.0 Å². The molecule has 0 spiro atoms. The van der Waals surface area contributed by atoms with Gasteiger partial charge in [0, 0.05) is 42.7 Å². The summed E-state index contributed by atoms with van der Waals surface area (Å²) in [5.74, 6) is 2.27. The van der Waals surface area contributed by atoms with Crippen molar-refractivity contribution in [1.82, 2.24) is 0 Å². The van der Waals surface area contributed by atoms with Crippen molar-refractivity contribution in [2.24, 2.45) is 0 Å². The van der Waals surface area contributed by atoms with Crippen molar-refractivity contribution in [3.8, 4) is 23.0 Å². The molecule has 1 N–H and O–H groups in total. The van der Waals surface area contributed by atoms with Crippen molar-refractivity contribution in [3.63, 3.8) is 0 Å². The van der Waals surface area contributed by atoms with E-state index in [1.54, 1.807) is 20.3 Å². The van der Waals surface area contributed by atoms with E-state index in [0.29, 0.717) is 12.4 Å². The van der Waals surface area contributed by atoms with E-state index in [4.69, 9.17) is 23.7 Å². The summed E-state index contributed by atoms with van der Waals surface area (Å²) in [5.41, 5.74) is 2.50. The van der Waals surface area contributed by atoms with Crippen molar-refractivity contribution in [3.05, 3.63) is 83.4 Å². The van der Waals surface area contributed by atoms with E-state index < -0.39 is 5.41 Å². The number of aromatic hydroxyl groups is 1. The summed E-state index contributed by atoms with van der Waals surface area (Å²) in [6, 6.07) is 21.2. The topological polar surface area (TPSA) is 66.4 Å². The number of para-hydroxylation sites is 1. The maximum Gasteiger partial charge on any atom is 0.188 e. The molecule has 168 valence electrons. The molecule has 2 atom stereocenters. The van der Waals surface area contributed by atoms with Crippen molar-refractivity contribution in [1.29, 1.82) is 0 Å². The largest absolute Gasteiger partial charge is 0.508 e. The number of fused-ring (bicyclic) bond motifs is 1. The van der Waals surface area contributed by atoms with Gasteiger partial charge in [-0.15, -0.1) is 0 Å². The Morgan fingerprint density at radius 2 is 1.53 bits per heavy atom. The van der Waals surface area contributed by atoms with Crippen LogP contribution in [0.15, 0.2) is 66.7 Å². The Labute approximate surface area is 188 Å². The third-order valence-corrected chi connectivity index (χ3v) is 5.91. The minimum absolute atomic E-state index is 0.130. The zero-order valence-electron chi connectivity index (χ0n) is 18.5. The molecule has 32 heavy (non-hydrogen) atoms. The number of ether oxygens (including phenoxy) is 5. The van der Waals surface area contributed by atoms with Crippen molar-refractivity contribution >= 4 is 0 Å². The molecule has 4 rings (SSSR count). The Hall–Kier alpha value is -3.22. The van der Waals surface area contributed by atoms with Gasteiger partial charge >= 0.3 is 0 Å². The Kier molecular flexibility index (Phi) is 6.53. The average molecular weight is 437 g/mol. The third-order valence-electron chi connectivity index (χ3n) is 5.91. The van der Waals surface area contributed by atoms with E-state index in [1.807, 2.05) is 60.7 Å². The minimum Gasteiger partial charge on any atom is -0.508 e. The number of benzene rings is 3. The van der Waals surface area contributed by atoms with Gasteiger partial charge in [-0.1, -0.05) is 43.3 Å². The molecule has 0 saturated carbocycles.